The molecule has 0 saturated heterocycles. The van der Waals surface area contributed by atoms with Gasteiger partial charge in [0.25, 0.3) is 0 Å². The van der Waals surface area contributed by atoms with Gasteiger partial charge >= 0.3 is 0 Å². The predicted octanol–water partition coefficient (Wildman–Crippen LogP) is 1.73. The van der Waals surface area contributed by atoms with E-state index >= 15 is 0 Å². The lowest BCUT2D eigenvalue weighted by Gasteiger charge is -1.96. The SMILES string of the molecule is Cc1noc(CCNc2nc3ccc(Cl)cn3n2)n1. The number of halogens is 1. The molecule has 0 spiro atoms. The molecule has 0 bridgehead atoms. The third-order valence-electron chi connectivity index (χ3n) is 2.49. The van der Waals surface area contributed by atoms with Crippen LogP contribution < -0.4 is 5.32 Å². The van der Waals surface area contributed by atoms with Crippen molar-refractivity contribution in [3.63, 3.8) is 0 Å². The highest BCUT2D eigenvalue weighted by Crippen LogP contribution is 2.11. The molecule has 0 aliphatic carbocycles. The van der Waals surface area contributed by atoms with Crippen LogP contribution in [0.25, 0.3) is 5.65 Å². The minimum absolute atomic E-state index is 0.540. The zero-order chi connectivity index (χ0) is 13.2. The van der Waals surface area contributed by atoms with E-state index in [1.165, 1.54) is 0 Å². The Bertz CT molecular complexity index is 706. The van der Waals surface area contributed by atoms with E-state index in [4.69, 9.17) is 16.1 Å². The Balaban J connectivity index is 1.65. The van der Waals surface area contributed by atoms with E-state index in [1.54, 1.807) is 23.7 Å². The first kappa shape index (κ1) is 11.9. The number of nitrogens with zero attached hydrogens (tertiary/aromatic N) is 5. The molecule has 0 aliphatic rings. The van der Waals surface area contributed by atoms with E-state index in [0.29, 0.717) is 35.7 Å². The van der Waals surface area contributed by atoms with Crippen molar-refractivity contribution in [3.8, 4) is 0 Å². The van der Waals surface area contributed by atoms with E-state index in [-0.39, 0.29) is 0 Å². The van der Waals surface area contributed by atoms with Crippen LogP contribution in [0, 0.1) is 6.92 Å². The Morgan fingerprint density at radius 2 is 2.26 bits per heavy atom. The lowest BCUT2D eigenvalue weighted by Crippen LogP contribution is -2.06. The molecule has 19 heavy (non-hydrogen) atoms. The van der Waals surface area contributed by atoms with Crippen LogP contribution in [-0.2, 0) is 6.42 Å². The zero-order valence-electron chi connectivity index (χ0n) is 10.2. The van der Waals surface area contributed by atoms with Gasteiger partial charge in [-0.3, -0.25) is 0 Å². The second-order valence-electron chi connectivity index (χ2n) is 4.00. The summed E-state index contributed by atoms with van der Waals surface area (Å²) in [4.78, 5) is 8.42. The first-order valence-corrected chi connectivity index (χ1v) is 6.13. The van der Waals surface area contributed by atoms with Crippen molar-refractivity contribution in [1.82, 2.24) is 24.7 Å². The molecular weight excluding hydrogens is 268 g/mol. The number of hydrogen-bond donors (Lipinski definition) is 1. The van der Waals surface area contributed by atoms with Crippen LogP contribution in [0.4, 0.5) is 5.95 Å². The monoisotopic (exact) mass is 278 g/mol. The normalized spacial score (nSPS) is 11.1. The Kier molecular flexibility index (Phi) is 3.04. The molecule has 0 aliphatic heterocycles. The lowest BCUT2D eigenvalue weighted by atomic mass is 10.4. The summed E-state index contributed by atoms with van der Waals surface area (Å²) in [5, 5.41) is 11.7. The minimum atomic E-state index is 0.540. The summed E-state index contributed by atoms with van der Waals surface area (Å²) in [6.45, 7) is 2.40. The molecule has 98 valence electrons. The van der Waals surface area contributed by atoms with Gasteiger partial charge in [0.1, 0.15) is 0 Å². The number of aryl methyl sites for hydroxylation is 1. The van der Waals surface area contributed by atoms with E-state index < -0.39 is 0 Å². The van der Waals surface area contributed by atoms with E-state index in [2.05, 4.69) is 25.5 Å². The predicted molar refractivity (Wildman–Crippen MR) is 69.2 cm³/mol. The van der Waals surface area contributed by atoms with Gasteiger partial charge in [-0.1, -0.05) is 16.8 Å². The topological polar surface area (TPSA) is 81.1 Å². The number of rotatable bonds is 4. The second-order valence-corrected chi connectivity index (χ2v) is 4.43. The van der Waals surface area contributed by atoms with Gasteiger partial charge in [0.2, 0.25) is 11.8 Å². The summed E-state index contributed by atoms with van der Waals surface area (Å²) >= 11 is 5.88. The van der Waals surface area contributed by atoms with Crippen LogP contribution in [0.5, 0.6) is 0 Å². The number of pyridine rings is 1. The summed E-state index contributed by atoms with van der Waals surface area (Å²) in [6, 6.07) is 3.58. The Morgan fingerprint density at radius 1 is 1.37 bits per heavy atom. The quantitative estimate of drug-likeness (QED) is 0.783. The highest BCUT2D eigenvalue weighted by molar-refractivity contribution is 6.30. The highest BCUT2D eigenvalue weighted by atomic mass is 35.5. The van der Waals surface area contributed by atoms with Crippen molar-refractivity contribution in [2.45, 2.75) is 13.3 Å². The number of nitrogens with one attached hydrogen (secondary N) is 1. The molecule has 0 radical (unpaired) electrons. The Hall–Kier alpha value is -2.15. The van der Waals surface area contributed by atoms with Crippen LogP contribution in [0.3, 0.4) is 0 Å². The molecule has 3 aromatic heterocycles. The molecule has 0 atom stereocenters. The summed E-state index contributed by atoms with van der Waals surface area (Å²) in [5.74, 6) is 1.77. The van der Waals surface area contributed by atoms with Crippen molar-refractivity contribution in [1.29, 1.82) is 0 Å². The van der Waals surface area contributed by atoms with Crippen molar-refractivity contribution in [3.05, 3.63) is 35.1 Å². The van der Waals surface area contributed by atoms with Crippen molar-refractivity contribution in [2.24, 2.45) is 0 Å². The van der Waals surface area contributed by atoms with Crippen molar-refractivity contribution < 1.29 is 4.52 Å². The number of anilines is 1. The first-order chi connectivity index (χ1) is 9.20. The lowest BCUT2D eigenvalue weighted by molar-refractivity contribution is 0.377. The van der Waals surface area contributed by atoms with Gasteiger partial charge in [-0.15, -0.1) is 5.10 Å². The fourth-order valence-electron chi connectivity index (χ4n) is 1.66. The van der Waals surface area contributed by atoms with Crippen LogP contribution in [0.1, 0.15) is 11.7 Å². The smallest absolute Gasteiger partial charge is 0.243 e. The molecule has 8 heteroatoms. The van der Waals surface area contributed by atoms with E-state index in [0.717, 1.165) is 5.65 Å². The molecule has 0 amide bonds. The molecule has 0 saturated carbocycles. The average molecular weight is 279 g/mol. The molecule has 3 rings (SSSR count). The molecule has 1 N–H and O–H groups in total. The summed E-state index contributed by atoms with van der Waals surface area (Å²) in [7, 11) is 0. The summed E-state index contributed by atoms with van der Waals surface area (Å²) in [5.41, 5.74) is 0.737. The fraction of sp³-hybridized carbons (Fsp3) is 0.273. The van der Waals surface area contributed by atoms with Gasteiger partial charge < -0.3 is 9.84 Å². The van der Waals surface area contributed by atoms with Crippen LogP contribution >= 0.6 is 11.6 Å². The number of fused-ring (bicyclic) bond motifs is 1. The first-order valence-electron chi connectivity index (χ1n) is 5.76. The molecule has 3 heterocycles. The Labute approximate surface area is 113 Å². The largest absolute Gasteiger partial charge is 0.352 e. The summed E-state index contributed by atoms with van der Waals surface area (Å²) in [6.07, 6.45) is 2.33. The van der Waals surface area contributed by atoms with E-state index in [1.807, 2.05) is 6.07 Å². The molecule has 0 aromatic carbocycles. The maximum Gasteiger partial charge on any atom is 0.243 e. The van der Waals surface area contributed by atoms with Crippen LogP contribution in [0.2, 0.25) is 5.02 Å². The second kappa shape index (κ2) is 4.85. The van der Waals surface area contributed by atoms with Crippen molar-refractivity contribution in [2.75, 3.05) is 11.9 Å². The van der Waals surface area contributed by atoms with Gasteiger partial charge in [0.05, 0.1) is 5.02 Å². The van der Waals surface area contributed by atoms with E-state index in [9.17, 15) is 0 Å². The van der Waals surface area contributed by atoms with Crippen LogP contribution in [0.15, 0.2) is 22.9 Å². The van der Waals surface area contributed by atoms with Crippen LogP contribution in [-0.4, -0.2) is 31.3 Å². The zero-order valence-corrected chi connectivity index (χ0v) is 10.9. The number of hydrogen-bond acceptors (Lipinski definition) is 6. The average Bonchev–Trinajstić information content (AvgIpc) is 2.95. The van der Waals surface area contributed by atoms with Gasteiger partial charge in [0.15, 0.2) is 11.5 Å². The molecule has 7 nitrogen and oxygen atoms in total. The fourth-order valence-corrected chi connectivity index (χ4v) is 1.81. The molecular formula is C11H11ClN6O. The van der Waals surface area contributed by atoms with Gasteiger partial charge in [0, 0.05) is 19.2 Å². The third-order valence-corrected chi connectivity index (χ3v) is 2.71. The standard InChI is InChI=1S/C11H11ClN6O/c1-7-14-10(19-17-7)4-5-13-11-15-9-3-2-8(12)6-18(9)16-11/h2-3,6H,4-5H2,1H3,(H,13,16). The van der Waals surface area contributed by atoms with Gasteiger partial charge in [-0.05, 0) is 19.1 Å². The highest BCUT2D eigenvalue weighted by Gasteiger charge is 2.05. The molecule has 0 fully saturated rings. The van der Waals surface area contributed by atoms with Gasteiger partial charge in [-0.2, -0.15) is 9.97 Å². The minimum Gasteiger partial charge on any atom is -0.352 e. The molecule has 3 aromatic rings. The summed E-state index contributed by atoms with van der Waals surface area (Å²) < 4.78 is 6.64. The van der Waals surface area contributed by atoms with Crippen molar-refractivity contribution >= 4 is 23.2 Å². The van der Waals surface area contributed by atoms with Gasteiger partial charge in [-0.25, -0.2) is 4.52 Å². The Morgan fingerprint density at radius 3 is 3.05 bits per heavy atom. The number of aromatic nitrogens is 5. The maximum absolute atomic E-state index is 5.88. The third kappa shape index (κ3) is 2.65. The molecule has 0 unspecified atom stereocenters. The maximum atomic E-state index is 5.88.